The normalized spacial score (nSPS) is 12.3. The lowest BCUT2D eigenvalue weighted by molar-refractivity contribution is -0.120. The summed E-state index contributed by atoms with van der Waals surface area (Å²) in [5.74, 6) is 0.154. The van der Waals surface area contributed by atoms with E-state index in [1.54, 1.807) is 12.3 Å². The number of fused-ring (bicyclic) bond motifs is 1. The summed E-state index contributed by atoms with van der Waals surface area (Å²) in [7, 11) is 0. The number of aromatic nitrogens is 1. The molecule has 2 aromatic rings. The number of pyridine rings is 1. The smallest absolute Gasteiger partial charge is 0.231 e. The lowest BCUT2D eigenvalue weighted by atomic mass is 9.87. The third-order valence-corrected chi connectivity index (χ3v) is 4.00. The molecule has 0 aliphatic rings. The highest BCUT2D eigenvalue weighted by Gasteiger charge is 2.23. The zero-order chi connectivity index (χ0) is 15.2. The van der Waals surface area contributed by atoms with Gasteiger partial charge in [-0.05, 0) is 18.1 Å². The highest BCUT2D eigenvalue weighted by Crippen LogP contribution is 2.25. The highest BCUT2D eigenvalue weighted by atomic mass is 16.1. The number of rotatable bonds is 6. The topological polar surface area (TPSA) is 42.0 Å². The van der Waals surface area contributed by atoms with Crippen molar-refractivity contribution in [1.29, 1.82) is 0 Å². The second-order valence-electron chi connectivity index (χ2n) is 5.21. The first-order valence-corrected chi connectivity index (χ1v) is 7.48. The van der Waals surface area contributed by atoms with Crippen LogP contribution in [0.1, 0.15) is 26.7 Å². The summed E-state index contributed by atoms with van der Waals surface area (Å²) < 4.78 is 0. The molecule has 110 valence electrons. The number of hydrogen-bond acceptors (Lipinski definition) is 2. The number of carbonyl (C=O) groups excluding carboxylic acids is 1. The van der Waals surface area contributed by atoms with Gasteiger partial charge < -0.3 is 5.32 Å². The van der Waals surface area contributed by atoms with E-state index in [9.17, 15) is 4.79 Å². The monoisotopic (exact) mass is 282 g/mol. The van der Waals surface area contributed by atoms with Gasteiger partial charge in [-0.15, -0.1) is 6.58 Å². The van der Waals surface area contributed by atoms with Crippen LogP contribution in [-0.2, 0) is 4.79 Å². The van der Waals surface area contributed by atoms with E-state index in [0.29, 0.717) is 5.92 Å². The predicted octanol–water partition coefficient (Wildman–Crippen LogP) is 4.41. The molecule has 1 aromatic heterocycles. The molecule has 0 saturated carbocycles. The Balaban J connectivity index is 2.27. The summed E-state index contributed by atoms with van der Waals surface area (Å²) in [6, 6.07) is 9.69. The van der Waals surface area contributed by atoms with Crippen molar-refractivity contribution in [3.8, 4) is 0 Å². The molecular weight excluding hydrogens is 260 g/mol. The van der Waals surface area contributed by atoms with Crippen LogP contribution in [0.2, 0.25) is 0 Å². The van der Waals surface area contributed by atoms with Crippen LogP contribution < -0.4 is 5.32 Å². The first-order valence-electron chi connectivity index (χ1n) is 7.48. The van der Waals surface area contributed by atoms with Gasteiger partial charge in [0.05, 0.1) is 17.1 Å². The van der Waals surface area contributed by atoms with E-state index in [0.717, 1.165) is 29.4 Å². The van der Waals surface area contributed by atoms with E-state index in [2.05, 4.69) is 30.7 Å². The van der Waals surface area contributed by atoms with Crippen LogP contribution in [0.25, 0.3) is 10.9 Å². The van der Waals surface area contributed by atoms with Crippen molar-refractivity contribution >= 4 is 22.5 Å². The molecule has 21 heavy (non-hydrogen) atoms. The van der Waals surface area contributed by atoms with Gasteiger partial charge in [-0.2, -0.15) is 0 Å². The van der Waals surface area contributed by atoms with Gasteiger partial charge in [-0.25, -0.2) is 0 Å². The molecule has 0 aliphatic carbocycles. The van der Waals surface area contributed by atoms with Crippen molar-refractivity contribution < 1.29 is 4.79 Å². The van der Waals surface area contributed by atoms with Crippen LogP contribution >= 0.6 is 0 Å². The quantitative estimate of drug-likeness (QED) is 0.797. The number of benzene rings is 1. The first kappa shape index (κ1) is 15.2. The first-order chi connectivity index (χ1) is 10.2. The number of anilines is 1. The Hall–Kier alpha value is -2.16. The van der Waals surface area contributed by atoms with Crippen molar-refractivity contribution in [3.63, 3.8) is 0 Å². The van der Waals surface area contributed by atoms with Crippen LogP contribution in [0.3, 0.4) is 0 Å². The molecule has 0 radical (unpaired) electrons. The van der Waals surface area contributed by atoms with Gasteiger partial charge in [-0.1, -0.05) is 51.0 Å². The number of carbonyl (C=O) groups is 1. The highest BCUT2D eigenvalue weighted by molar-refractivity contribution is 6.01. The summed E-state index contributed by atoms with van der Waals surface area (Å²) in [5, 5.41) is 4.03. The molecule has 3 heteroatoms. The van der Waals surface area contributed by atoms with Gasteiger partial charge >= 0.3 is 0 Å². The fourth-order valence-corrected chi connectivity index (χ4v) is 2.73. The van der Waals surface area contributed by atoms with Crippen molar-refractivity contribution in [2.24, 2.45) is 11.8 Å². The third kappa shape index (κ3) is 3.30. The van der Waals surface area contributed by atoms with Gasteiger partial charge in [0.25, 0.3) is 0 Å². The number of amides is 1. The van der Waals surface area contributed by atoms with Crippen molar-refractivity contribution in [1.82, 2.24) is 4.98 Å². The van der Waals surface area contributed by atoms with Gasteiger partial charge in [-0.3, -0.25) is 9.78 Å². The van der Waals surface area contributed by atoms with E-state index < -0.39 is 0 Å². The lowest BCUT2D eigenvalue weighted by Crippen LogP contribution is -2.27. The molecule has 1 N–H and O–H groups in total. The predicted molar refractivity (Wildman–Crippen MR) is 88.1 cm³/mol. The molecule has 3 nitrogen and oxygen atoms in total. The summed E-state index contributed by atoms with van der Waals surface area (Å²) in [4.78, 5) is 16.9. The molecule has 2 rings (SSSR count). The molecule has 1 heterocycles. The van der Waals surface area contributed by atoms with Crippen LogP contribution in [0.4, 0.5) is 5.69 Å². The molecule has 1 atom stereocenters. The number of hydrogen-bond donors (Lipinski definition) is 1. The molecular formula is C18H22N2O. The number of nitrogens with zero attached hydrogens (tertiary/aromatic N) is 1. The second kappa shape index (κ2) is 7.02. The van der Waals surface area contributed by atoms with Crippen molar-refractivity contribution in [3.05, 3.63) is 49.2 Å². The molecule has 0 bridgehead atoms. The Labute approximate surface area is 126 Å². The maximum absolute atomic E-state index is 12.5. The maximum atomic E-state index is 12.5. The van der Waals surface area contributed by atoms with E-state index in [4.69, 9.17) is 0 Å². The molecule has 1 aromatic carbocycles. The SMILES string of the molecule is C=CC(C(=O)Nc1cccc2cccnc12)C(CC)CC. The van der Waals surface area contributed by atoms with Crippen LogP contribution in [0.5, 0.6) is 0 Å². The summed E-state index contributed by atoms with van der Waals surface area (Å²) in [5.41, 5.74) is 1.58. The fourth-order valence-electron chi connectivity index (χ4n) is 2.73. The molecule has 0 fully saturated rings. The Morgan fingerprint density at radius 3 is 2.67 bits per heavy atom. The largest absolute Gasteiger partial charge is 0.324 e. The maximum Gasteiger partial charge on any atom is 0.231 e. The number of nitrogens with one attached hydrogen (secondary N) is 1. The Bertz CT molecular complexity index is 627. The molecule has 0 spiro atoms. The molecule has 1 unspecified atom stereocenters. The van der Waals surface area contributed by atoms with Gasteiger partial charge in [0, 0.05) is 11.6 Å². The van der Waals surface area contributed by atoms with E-state index >= 15 is 0 Å². The molecule has 0 aliphatic heterocycles. The number of para-hydroxylation sites is 1. The van der Waals surface area contributed by atoms with Crippen molar-refractivity contribution in [2.45, 2.75) is 26.7 Å². The molecule has 0 saturated heterocycles. The van der Waals surface area contributed by atoms with Crippen LogP contribution in [0, 0.1) is 11.8 Å². The minimum atomic E-state index is -0.168. The molecule has 1 amide bonds. The Kier molecular flexibility index (Phi) is 5.09. The van der Waals surface area contributed by atoms with E-state index in [1.807, 2.05) is 30.3 Å². The van der Waals surface area contributed by atoms with E-state index in [1.165, 1.54) is 0 Å². The van der Waals surface area contributed by atoms with Crippen LogP contribution in [-0.4, -0.2) is 10.9 Å². The Morgan fingerprint density at radius 1 is 1.29 bits per heavy atom. The average molecular weight is 282 g/mol. The van der Waals surface area contributed by atoms with Gasteiger partial charge in [0.1, 0.15) is 0 Å². The Morgan fingerprint density at radius 2 is 2.00 bits per heavy atom. The van der Waals surface area contributed by atoms with Gasteiger partial charge in [0.15, 0.2) is 0 Å². The minimum Gasteiger partial charge on any atom is -0.324 e. The minimum absolute atomic E-state index is 0.00291. The second-order valence-corrected chi connectivity index (χ2v) is 5.21. The van der Waals surface area contributed by atoms with E-state index in [-0.39, 0.29) is 11.8 Å². The lowest BCUT2D eigenvalue weighted by Gasteiger charge is -2.21. The zero-order valence-corrected chi connectivity index (χ0v) is 12.7. The average Bonchev–Trinajstić information content (AvgIpc) is 2.52. The van der Waals surface area contributed by atoms with Crippen LogP contribution in [0.15, 0.2) is 49.2 Å². The third-order valence-electron chi connectivity index (χ3n) is 4.00. The summed E-state index contributed by atoms with van der Waals surface area (Å²) >= 11 is 0. The zero-order valence-electron chi connectivity index (χ0n) is 12.7. The van der Waals surface area contributed by atoms with Gasteiger partial charge in [0.2, 0.25) is 5.91 Å². The summed E-state index contributed by atoms with van der Waals surface area (Å²) in [6.45, 7) is 8.04. The standard InChI is InChI=1S/C18H22N2O/c1-4-13(5-2)15(6-3)18(21)20-16-11-7-9-14-10-8-12-19-17(14)16/h6-13,15H,3-5H2,1-2H3,(H,20,21). The fraction of sp³-hybridized carbons (Fsp3) is 0.333. The van der Waals surface area contributed by atoms with Crippen molar-refractivity contribution in [2.75, 3.05) is 5.32 Å². The summed E-state index contributed by atoms with van der Waals surface area (Å²) in [6.07, 6.45) is 5.43.